The second-order valence-electron chi connectivity index (χ2n) is 10.9. The number of anilines is 2. The van der Waals surface area contributed by atoms with E-state index in [-0.39, 0.29) is 0 Å². The van der Waals surface area contributed by atoms with Gasteiger partial charge in [0.05, 0.1) is 6.54 Å². The first-order chi connectivity index (χ1) is 18.0. The van der Waals surface area contributed by atoms with Crippen LogP contribution >= 0.6 is 0 Å². The van der Waals surface area contributed by atoms with Crippen molar-refractivity contribution < 1.29 is 0 Å². The van der Waals surface area contributed by atoms with E-state index in [4.69, 9.17) is 9.97 Å². The van der Waals surface area contributed by atoms with E-state index in [0.717, 1.165) is 81.2 Å². The second kappa shape index (κ2) is 9.92. The summed E-state index contributed by atoms with van der Waals surface area (Å²) in [6.07, 6.45) is 3.00. The van der Waals surface area contributed by atoms with E-state index in [1.807, 2.05) is 0 Å². The molecule has 192 valence electrons. The summed E-state index contributed by atoms with van der Waals surface area (Å²) in [5.74, 6) is 1.10. The molecule has 1 saturated heterocycles. The molecule has 2 aromatic heterocycles. The Balaban J connectivity index is 1.22. The minimum absolute atomic E-state index is 0.796. The summed E-state index contributed by atoms with van der Waals surface area (Å²) in [7, 11) is 2.22. The van der Waals surface area contributed by atoms with E-state index in [9.17, 15) is 0 Å². The first-order valence-corrected chi connectivity index (χ1v) is 13.7. The maximum Gasteiger partial charge on any atom is 0.160 e. The normalized spacial score (nSPS) is 16.3. The van der Waals surface area contributed by atoms with Crippen molar-refractivity contribution in [2.45, 2.75) is 53.1 Å². The lowest BCUT2D eigenvalue weighted by molar-refractivity contribution is 0.148. The summed E-state index contributed by atoms with van der Waals surface area (Å²) >= 11 is 0. The smallest absolute Gasteiger partial charge is 0.160 e. The van der Waals surface area contributed by atoms with Gasteiger partial charge in [-0.1, -0.05) is 31.2 Å². The lowest BCUT2D eigenvalue weighted by atomic mass is 10.0. The lowest BCUT2D eigenvalue weighted by Crippen LogP contribution is -2.43. The molecule has 0 aliphatic carbocycles. The predicted molar refractivity (Wildman–Crippen MR) is 152 cm³/mol. The van der Waals surface area contributed by atoms with Crippen LogP contribution < -0.4 is 5.32 Å². The van der Waals surface area contributed by atoms with Gasteiger partial charge >= 0.3 is 0 Å². The first-order valence-electron chi connectivity index (χ1n) is 13.7. The molecule has 6 rings (SSSR count). The number of aromatic nitrogens is 3. The fraction of sp³-hybridized carbons (Fsp3) is 0.419. The van der Waals surface area contributed by atoms with E-state index in [0.29, 0.717) is 0 Å². The quantitative estimate of drug-likeness (QED) is 0.411. The number of pyridine rings is 1. The van der Waals surface area contributed by atoms with E-state index >= 15 is 0 Å². The van der Waals surface area contributed by atoms with Gasteiger partial charge in [-0.05, 0) is 79.8 Å². The molecule has 0 spiro atoms. The maximum atomic E-state index is 4.91. The molecule has 1 fully saturated rings. The number of hydrogen-bond donors (Lipinski definition) is 1. The fourth-order valence-corrected chi connectivity index (χ4v) is 5.73. The van der Waals surface area contributed by atoms with Crippen LogP contribution in [0.3, 0.4) is 0 Å². The van der Waals surface area contributed by atoms with Crippen LogP contribution in [0.4, 0.5) is 11.4 Å². The zero-order valence-corrected chi connectivity index (χ0v) is 22.6. The van der Waals surface area contributed by atoms with Crippen molar-refractivity contribution in [3.8, 4) is 0 Å². The van der Waals surface area contributed by atoms with Gasteiger partial charge in [0.25, 0.3) is 0 Å². The van der Waals surface area contributed by atoms with Gasteiger partial charge in [0.2, 0.25) is 0 Å². The number of rotatable bonds is 5. The van der Waals surface area contributed by atoms with Crippen LogP contribution in [-0.2, 0) is 32.4 Å². The van der Waals surface area contributed by atoms with E-state index in [1.54, 1.807) is 0 Å². The highest BCUT2D eigenvalue weighted by Crippen LogP contribution is 2.32. The molecule has 0 unspecified atom stereocenters. The summed E-state index contributed by atoms with van der Waals surface area (Å²) in [6, 6.07) is 16.1. The Bertz CT molecular complexity index is 1440. The highest BCUT2D eigenvalue weighted by Gasteiger charge is 2.18. The molecule has 2 aromatic carbocycles. The van der Waals surface area contributed by atoms with E-state index in [1.165, 1.54) is 39.2 Å². The highest BCUT2D eigenvalue weighted by atomic mass is 15.2. The zero-order chi connectivity index (χ0) is 25.5. The number of hydrogen-bond acceptors (Lipinski definition) is 5. The molecule has 4 aromatic rings. The zero-order valence-electron chi connectivity index (χ0n) is 22.6. The third-order valence-corrected chi connectivity index (χ3v) is 8.17. The van der Waals surface area contributed by atoms with E-state index in [2.05, 4.69) is 90.0 Å². The lowest BCUT2D eigenvalue weighted by Gasteiger charge is -2.32. The van der Waals surface area contributed by atoms with E-state index < -0.39 is 0 Å². The van der Waals surface area contributed by atoms with Crippen molar-refractivity contribution in [2.24, 2.45) is 0 Å². The predicted octanol–water partition coefficient (Wildman–Crippen LogP) is 5.25. The molecule has 0 amide bonds. The molecule has 4 heterocycles. The number of imidazole rings is 1. The van der Waals surface area contributed by atoms with Crippen molar-refractivity contribution in [1.29, 1.82) is 0 Å². The molecule has 6 nitrogen and oxygen atoms in total. The topological polar surface area (TPSA) is 49.2 Å². The van der Waals surface area contributed by atoms with Gasteiger partial charge in [-0.3, -0.25) is 4.90 Å². The minimum Gasteiger partial charge on any atom is -0.355 e. The third-order valence-electron chi connectivity index (χ3n) is 8.17. The van der Waals surface area contributed by atoms with Gasteiger partial charge in [-0.2, -0.15) is 0 Å². The van der Waals surface area contributed by atoms with Crippen LogP contribution in [0.1, 0.15) is 46.3 Å². The van der Waals surface area contributed by atoms with Crippen molar-refractivity contribution in [3.63, 3.8) is 0 Å². The van der Waals surface area contributed by atoms with Gasteiger partial charge in [0.1, 0.15) is 11.3 Å². The number of benzene rings is 2. The molecular formula is C31H38N6. The molecule has 0 radical (unpaired) electrons. The average Bonchev–Trinajstić information content (AvgIpc) is 3.10. The van der Waals surface area contributed by atoms with Crippen LogP contribution in [0.2, 0.25) is 0 Å². The molecule has 6 heteroatoms. The van der Waals surface area contributed by atoms with Gasteiger partial charge in [-0.25, -0.2) is 9.97 Å². The number of fused-ring (bicyclic) bond motifs is 3. The van der Waals surface area contributed by atoms with Crippen molar-refractivity contribution >= 4 is 22.5 Å². The Morgan fingerprint density at radius 3 is 2.11 bits per heavy atom. The van der Waals surface area contributed by atoms with Crippen molar-refractivity contribution in [1.82, 2.24) is 24.3 Å². The van der Waals surface area contributed by atoms with Crippen LogP contribution in [0, 0.1) is 13.8 Å². The Kier molecular flexibility index (Phi) is 6.47. The number of nitrogens with one attached hydrogen (secondary N) is 1. The van der Waals surface area contributed by atoms with Crippen LogP contribution in [0.5, 0.6) is 0 Å². The molecule has 1 N–H and O–H groups in total. The molecule has 0 atom stereocenters. The summed E-state index contributed by atoms with van der Waals surface area (Å²) in [4.78, 5) is 14.8. The standard InChI is InChI=1S/C31H38N6/c1-5-30-34-29-16-21(2)22(3)32-31(29)37(30)20-24-7-11-28-26(18-24)9-8-25-17-23(6-10-27(25)33-28)19-36-14-12-35(4)13-15-36/h6-7,10-11,16-18,33H,5,8-9,12-15,19-20H2,1-4H3. The number of nitrogens with zero attached hydrogens (tertiary/aromatic N) is 5. The minimum atomic E-state index is 0.796. The average molecular weight is 495 g/mol. The molecule has 0 saturated carbocycles. The molecule has 37 heavy (non-hydrogen) atoms. The van der Waals surface area contributed by atoms with Gasteiger partial charge in [-0.15, -0.1) is 0 Å². The number of likely N-dealkylation sites (N-methyl/N-ethyl adjacent to an activating group) is 1. The van der Waals surface area contributed by atoms with Crippen molar-refractivity contribution in [2.75, 3.05) is 38.5 Å². The number of piperazine rings is 1. The summed E-state index contributed by atoms with van der Waals surface area (Å²) in [5.41, 5.74) is 12.3. The largest absolute Gasteiger partial charge is 0.355 e. The third kappa shape index (κ3) is 4.88. The van der Waals surface area contributed by atoms with Gasteiger partial charge in [0.15, 0.2) is 5.65 Å². The molecule has 2 aliphatic heterocycles. The Labute approximate surface area is 220 Å². The second-order valence-corrected chi connectivity index (χ2v) is 10.9. The Hall–Kier alpha value is -3.22. The number of aryl methyl sites for hydroxylation is 5. The van der Waals surface area contributed by atoms with Gasteiger partial charge < -0.3 is 14.8 Å². The monoisotopic (exact) mass is 494 g/mol. The van der Waals surface area contributed by atoms with Crippen molar-refractivity contribution in [3.05, 3.63) is 81.8 Å². The first kappa shape index (κ1) is 24.1. The summed E-state index contributed by atoms with van der Waals surface area (Å²) < 4.78 is 2.30. The fourth-order valence-electron chi connectivity index (χ4n) is 5.73. The SMILES string of the molecule is CCc1nc2cc(C)c(C)nc2n1Cc1ccc2c(c1)CCc1cc(CN3CCN(C)CC3)ccc1N2. The van der Waals surface area contributed by atoms with Gasteiger partial charge in [0, 0.05) is 56.2 Å². The van der Waals surface area contributed by atoms with Crippen LogP contribution in [-0.4, -0.2) is 57.6 Å². The Morgan fingerprint density at radius 1 is 0.811 bits per heavy atom. The molecular weight excluding hydrogens is 456 g/mol. The van der Waals surface area contributed by atoms with Crippen LogP contribution in [0.25, 0.3) is 11.2 Å². The Morgan fingerprint density at radius 2 is 1.46 bits per heavy atom. The maximum absolute atomic E-state index is 4.91. The molecule has 0 bridgehead atoms. The highest BCUT2D eigenvalue weighted by molar-refractivity contribution is 5.73. The van der Waals surface area contributed by atoms with Crippen LogP contribution in [0.15, 0.2) is 42.5 Å². The summed E-state index contributed by atoms with van der Waals surface area (Å²) in [5, 5.41) is 3.74. The summed E-state index contributed by atoms with van der Waals surface area (Å²) in [6.45, 7) is 12.8. The molecule has 2 aliphatic rings.